The van der Waals surface area contributed by atoms with Crippen LogP contribution >= 0.6 is 0 Å². The maximum absolute atomic E-state index is 11.3. The Labute approximate surface area is 90.9 Å². The van der Waals surface area contributed by atoms with Crippen molar-refractivity contribution in [2.45, 2.75) is 52.2 Å². The predicted octanol–water partition coefficient (Wildman–Crippen LogP) is 1.71. The Balaban J connectivity index is 3.95. The average Bonchev–Trinajstić information content (AvgIpc) is 2.15. The molecule has 0 aliphatic carbocycles. The van der Waals surface area contributed by atoms with Gasteiger partial charge in [-0.2, -0.15) is 0 Å². The van der Waals surface area contributed by atoms with E-state index >= 15 is 0 Å². The van der Waals surface area contributed by atoms with Crippen molar-refractivity contribution in [3.05, 3.63) is 0 Å². The molecule has 88 valence electrons. The lowest BCUT2D eigenvalue weighted by molar-refractivity contribution is -0.152. The summed E-state index contributed by atoms with van der Waals surface area (Å²) in [7, 11) is 1.55. The van der Waals surface area contributed by atoms with E-state index in [-0.39, 0.29) is 30.4 Å². The number of ether oxygens (including phenoxy) is 2. The van der Waals surface area contributed by atoms with Crippen LogP contribution in [0.25, 0.3) is 0 Å². The summed E-state index contributed by atoms with van der Waals surface area (Å²) in [5, 5.41) is 0. The molecule has 15 heavy (non-hydrogen) atoms. The maximum atomic E-state index is 11.3. The highest BCUT2D eigenvalue weighted by Crippen LogP contribution is 2.07. The fraction of sp³-hybridized carbons (Fsp3) is 0.818. The summed E-state index contributed by atoms with van der Waals surface area (Å²) in [6.45, 7) is 5.18. The van der Waals surface area contributed by atoms with E-state index in [2.05, 4.69) is 0 Å². The van der Waals surface area contributed by atoms with Crippen molar-refractivity contribution in [1.82, 2.24) is 0 Å². The van der Waals surface area contributed by atoms with Crippen molar-refractivity contribution in [3.63, 3.8) is 0 Å². The fourth-order valence-electron chi connectivity index (χ4n) is 1.14. The van der Waals surface area contributed by atoms with Gasteiger partial charge in [-0.25, -0.2) is 0 Å². The minimum Gasteiger partial charge on any atom is -0.462 e. The second-order valence-corrected chi connectivity index (χ2v) is 3.68. The zero-order valence-corrected chi connectivity index (χ0v) is 9.91. The average molecular weight is 216 g/mol. The topological polar surface area (TPSA) is 52.6 Å². The molecule has 4 heteroatoms. The van der Waals surface area contributed by atoms with E-state index in [0.29, 0.717) is 12.8 Å². The smallest absolute Gasteiger partial charge is 0.308 e. The molecule has 0 aromatic rings. The minimum absolute atomic E-state index is 0.0365. The van der Waals surface area contributed by atoms with Crippen LogP contribution in [-0.2, 0) is 19.1 Å². The number of carbonyl (C=O) groups excluding carboxylic acids is 2. The highest BCUT2D eigenvalue weighted by Gasteiger charge is 2.16. The van der Waals surface area contributed by atoms with Crippen LogP contribution < -0.4 is 0 Å². The standard InChI is InChI=1S/C11H20O4/c1-5-10(6-8(2)12)15-11(13)7-9(3)14-4/h9-10H,5-7H2,1-4H3/t9-,10-/m1/s1. The van der Waals surface area contributed by atoms with Crippen LogP contribution in [-0.4, -0.2) is 31.1 Å². The lowest BCUT2D eigenvalue weighted by atomic mass is 10.1. The lowest BCUT2D eigenvalue weighted by Gasteiger charge is -2.16. The van der Waals surface area contributed by atoms with Gasteiger partial charge >= 0.3 is 5.97 Å². The number of esters is 1. The van der Waals surface area contributed by atoms with Gasteiger partial charge in [0.25, 0.3) is 0 Å². The Morgan fingerprint density at radius 2 is 1.87 bits per heavy atom. The van der Waals surface area contributed by atoms with E-state index in [4.69, 9.17) is 9.47 Å². The SMILES string of the molecule is CC[C@H](CC(C)=O)OC(=O)C[C@@H](C)OC. The van der Waals surface area contributed by atoms with Gasteiger partial charge in [0.15, 0.2) is 0 Å². The molecule has 0 unspecified atom stereocenters. The number of ketones is 1. The van der Waals surface area contributed by atoms with Gasteiger partial charge in [0, 0.05) is 13.5 Å². The van der Waals surface area contributed by atoms with Crippen LogP contribution in [0.15, 0.2) is 0 Å². The number of hydrogen-bond donors (Lipinski definition) is 0. The first-order chi connectivity index (χ1) is 6.99. The van der Waals surface area contributed by atoms with Gasteiger partial charge in [-0.05, 0) is 20.3 Å². The largest absolute Gasteiger partial charge is 0.462 e. The second-order valence-electron chi connectivity index (χ2n) is 3.68. The molecular weight excluding hydrogens is 196 g/mol. The molecule has 0 heterocycles. The molecule has 0 aromatic heterocycles. The predicted molar refractivity (Wildman–Crippen MR) is 56.6 cm³/mol. The van der Waals surface area contributed by atoms with E-state index in [1.54, 1.807) is 14.0 Å². The zero-order valence-electron chi connectivity index (χ0n) is 9.91. The Morgan fingerprint density at radius 1 is 1.27 bits per heavy atom. The molecule has 0 fully saturated rings. The van der Waals surface area contributed by atoms with Crippen molar-refractivity contribution in [1.29, 1.82) is 0 Å². The van der Waals surface area contributed by atoms with E-state index in [1.807, 2.05) is 6.92 Å². The summed E-state index contributed by atoms with van der Waals surface area (Å²) >= 11 is 0. The normalized spacial score (nSPS) is 14.4. The molecule has 0 aromatic carbocycles. The molecule has 0 bridgehead atoms. The third kappa shape index (κ3) is 7.08. The molecule has 0 saturated carbocycles. The molecule has 0 N–H and O–H groups in total. The number of methoxy groups -OCH3 is 1. The first kappa shape index (κ1) is 14.1. The van der Waals surface area contributed by atoms with Crippen LogP contribution in [0.1, 0.15) is 40.0 Å². The highest BCUT2D eigenvalue weighted by molar-refractivity contribution is 5.76. The third-order valence-corrected chi connectivity index (χ3v) is 2.13. The van der Waals surface area contributed by atoms with Crippen molar-refractivity contribution in [2.75, 3.05) is 7.11 Å². The molecular formula is C11H20O4. The molecule has 0 amide bonds. The van der Waals surface area contributed by atoms with Crippen molar-refractivity contribution < 1.29 is 19.1 Å². The molecule has 0 aliphatic heterocycles. The monoisotopic (exact) mass is 216 g/mol. The first-order valence-electron chi connectivity index (χ1n) is 5.21. The van der Waals surface area contributed by atoms with E-state index in [9.17, 15) is 9.59 Å². The summed E-state index contributed by atoms with van der Waals surface area (Å²) in [6, 6.07) is 0. The number of hydrogen-bond acceptors (Lipinski definition) is 4. The van der Waals surface area contributed by atoms with Gasteiger partial charge in [0.05, 0.1) is 12.5 Å². The third-order valence-electron chi connectivity index (χ3n) is 2.13. The van der Waals surface area contributed by atoms with Crippen LogP contribution in [0.4, 0.5) is 0 Å². The van der Waals surface area contributed by atoms with Crippen molar-refractivity contribution in [3.8, 4) is 0 Å². The van der Waals surface area contributed by atoms with Gasteiger partial charge < -0.3 is 9.47 Å². The molecule has 0 rings (SSSR count). The van der Waals surface area contributed by atoms with E-state index < -0.39 is 0 Å². The van der Waals surface area contributed by atoms with Gasteiger partial charge in [0.2, 0.25) is 0 Å². The van der Waals surface area contributed by atoms with Crippen molar-refractivity contribution in [2.24, 2.45) is 0 Å². The Morgan fingerprint density at radius 3 is 2.27 bits per heavy atom. The summed E-state index contributed by atoms with van der Waals surface area (Å²) in [4.78, 5) is 22.2. The fourth-order valence-corrected chi connectivity index (χ4v) is 1.14. The number of carbonyl (C=O) groups is 2. The number of rotatable bonds is 7. The molecule has 4 nitrogen and oxygen atoms in total. The summed E-state index contributed by atoms with van der Waals surface area (Å²) < 4.78 is 10.1. The van der Waals surface area contributed by atoms with Gasteiger partial charge in [-0.15, -0.1) is 0 Å². The zero-order chi connectivity index (χ0) is 11.8. The molecule has 2 atom stereocenters. The van der Waals surface area contributed by atoms with Crippen molar-refractivity contribution >= 4 is 11.8 Å². The molecule has 0 radical (unpaired) electrons. The van der Waals surface area contributed by atoms with Crippen LogP contribution in [0.3, 0.4) is 0 Å². The van der Waals surface area contributed by atoms with Crippen LogP contribution in [0.5, 0.6) is 0 Å². The van der Waals surface area contributed by atoms with Gasteiger partial charge in [-0.1, -0.05) is 6.92 Å². The van der Waals surface area contributed by atoms with Crippen LogP contribution in [0.2, 0.25) is 0 Å². The highest BCUT2D eigenvalue weighted by atomic mass is 16.5. The second kappa shape index (κ2) is 7.40. The molecule has 0 spiro atoms. The summed E-state index contributed by atoms with van der Waals surface area (Å²) in [6.07, 6.45) is 0.743. The Kier molecular flexibility index (Phi) is 6.96. The van der Waals surface area contributed by atoms with Gasteiger partial charge in [0.1, 0.15) is 11.9 Å². The minimum atomic E-state index is -0.308. The van der Waals surface area contributed by atoms with E-state index in [0.717, 1.165) is 0 Å². The van der Waals surface area contributed by atoms with E-state index in [1.165, 1.54) is 6.92 Å². The summed E-state index contributed by atoms with van der Waals surface area (Å²) in [5.74, 6) is -0.271. The Bertz CT molecular complexity index is 213. The van der Waals surface area contributed by atoms with Crippen LogP contribution in [0, 0.1) is 0 Å². The summed E-state index contributed by atoms with van der Waals surface area (Å²) in [5.41, 5.74) is 0. The molecule has 0 aliphatic rings. The van der Waals surface area contributed by atoms with Gasteiger partial charge in [-0.3, -0.25) is 9.59 Å². The lowest BCUT2D eigenvalue weighted by Crippen LogP contribution is -2.23. The molecule has 0 saturated heterocycles. The maximum Gasteiger partial charge on any atom is 0.308 e. The quantitative estimate of drug-likeness (QED) is 0.608. The first-order valence-corrected chi connectivity index (χ1v) is 5.21. The number of Topliss-reactive ketones (excluding diaryl/α,β-unsaturated/α-hetero) is 1. The Hall–Kier alpha value is -0.900.